The van der Waals surface area contributed by atoms with Crippen molar-refractivity contribution in [3.8, 4) is 11.8 Å². The summed E-state index contributed by atoms with van der Waals surface area (Å²) in [4.78, 5) is 10.5. The third-order valence-electron chi connectivity index (χ3n) is 0.523. The van der Waals surface area contributed by atoms with Gasteiger partial charge in [0.1, 0.15) is 6.42 Å². The summed E-state index contributed by atoms with van der Waals surface area (Å²) in [6.45, 7) is 1.56. The lowest BCUT2D eigenvalue weighted by molar-refractivity contribution is -0.139. The van der Waals surface area contributed by atoms with Crippen LogP contribution in [0, 0.1) is 11.8 Å². The molecule has 8 heavy (non-hydrogen) atoms. The van der Waals surface area contributed by atoms with E-state index in [0.717, 1.165) is 0 Å². The van der Waals surface area contributed by atoms with Gasteiger partial charge in [-0.15, -0.1) is 5.92 Å². The first-order valence-corrected chi connectivity index (χ1v) is 2.07. The summed E-state index contributed by atoms with van der Waals surface area (Å²) < 4.78 is 23.6. The Hall–Kier alpha value is -0.970. The molecule has 0 saturated heterocycles. The maximum absolute atomic E-state index is 10.5. The van der Waals surface area contributed by atoms with Gasteiger partial charge in [-0.1, -0.05) is 5.92 Å². The van der Waals surface area contributed by atoms with Crippen molar-refractivity contribution in [1.29, 1.82) is 0 Å². The van der Waals surface area contributed by atoms with Crippen LogP contribution in [-0.4, -0.2) is 13.0 Å². The number of hydrogen-bond donors (Lipinski definition) is 0. The Labute approximate surface area is 53.1 Å². The minimum absolute atomic E-state index is 0.172. The summed E-state index contributed by atoms with van der Waals surface area (Å²) in [5.74, 6) is 4.03. The highest BCUT2D eigenvalue weighted by atomic mass is 16.5. The third-order valence-corrected chi connectivity index (χ3v) is 0.523. The van der Waals surface area contributed by atoms with Gasteiger partial charge in [-0.3, -0.25) is 4.79 Å². The number of hydrogen-bond acceptors (Lipinski definition) is 2. The van der Waals surface area contributed by atoms with Gasteiger partial charge in [0.05, 0.1) is 11.2 Å². The van der Waals surface area contributed by atoms with Gasteiger partial charge in [0, 0.05) is 0 Å². The number of carbonyl (C=O) groups is 1. The summed E-state index contributed by atoms with van der Waals surface area (Å²) in [5.41, 5.74) is 0. The first-order chi connectivity index (χ1) is 4.95. The van der Waals surface area contributed by atoms with Crippen LogP contribution in [0.4, 0.5) is 0 Å². The molecule has 0 aliphatic carbocycles. The molecule has 0 fully saturated rings. The van der Waals surface area contributed by atoms with Crippen LogP contribution >= 0.6 is 0 Å². The van der Waals surface area contributed by atoms with Crippen LogP contribution in [0.2, 0.25) is 0 Å². The molecule has 0 aliphatic rings. The highest BCUT2D eigenvalue weighted by molar-refractivity contribution is 5.72. The lowest BCUT2D eigenvalue weighted by Crippen LogP contribution is -1.96. The fraction of sp³-hybridized carbons (Fsp3) is 0.500. The summed E-state index contributed by atoms with van der Waals surface area (Å²) in [6.07, 6.45) is -0.172. The van der Waals surface area contributed by atoms with Crippen molar-refractivity contribution in [3.63, 3.8) is 0 Å². The SMILES string of the molecule is [2H]C([2H])([2H])OC(=O)CC#CC. The first-order valence-electron chi connectivity index (χ1n) is 3.57. The average molecular weight is 115 g/mol. The van der Waals surface area contributed by atoms with Gasteiger partial charge in [0.25, 0.3) is 0 Å². The van der Waals surface area contributed by atoms with Crippen LogP contribution in [0.25, 0.3) is 0 Å². The van der Waals surface area contributed by atoms with Crippen LogP contribution in [0.15, 0.2) is 0 Å². The lowest BCUT2D eigenvalue weighted by atomic mass is 10.4. The molecule has 0 N–H and O–H groups in total. The minimum atomic E-state index is -2.65. The molecule has 0 radical (unpaired) electrons. The van der Waals surface area contributed by atoms with E-state index in [0.29, 0.717) is 0 Å². The van der Waals surface area contributed by atoms with Crippen LogP contribution in [-0.2, 0) is 9.53 Å². The second kappa shape index (κ2) is 4.20. The molecule has 0 aromatic heterocycles. The molecule has 0 rings (SSSR count). The Morgan fingerprint density at radius 1 is 2.00 bits per heavy atom. The van der Waals surface area contributed by atoms with Gasteiger partial charge in [0.15, 0.2) is 0 Å². The normalized spacial score (nSPS) is 13.9. The molecule has 0 heterocycles. The van der Waals surface area contributed by atoms with Gasteiger partial charge < -0.3 is 4.74 Å². The van der Waals surface area contributed by atoms with Crippen LogP contribution in [0.1, 0.15) is 17.5 Å². The molecule has 0 bridgehead atoms. The van der Waals surface area contributed by atoms with E-state index < -0.39 is 13.0 Å². The van der Waals surface area contributed by atoms with E-state index in [9.17, 15) is 4.79 Å². The topological polar surface area (TPSA) is 26.3 Å². The van der Waals surface area contributed by atoms with E-state index in [1.54, 1.807) is 6.92 Å². The van der Waals surface area contributed by atoms with Gasteiger partial charge in [0.2, 0.25) is 0 Å². The molecule has 0 amide bonds. The second-order valence-electron chi connectivity index (χ2n) is 1.08. The van der Waals surface area contributed by atoms with Gasteiger partial charge in [-0.05, 0) is 6.92 Å². The molecule has 44 valence electrons. The largest absolute Gasteiger partial charge is 0.468 e. The molecule has 0 spiro atoms. The maximum atomic E-state index is 10.5. The molecule has 0 saturated carbocycles. The zero-order chi connectivity index (χ0) is 8.91. The van der Waals surface area contributed by atoms with Crippen molar-refractivity contribution in [2.75, 3.05) is 7.04 Å². The molecule has 0 atom stereocenters. The standard InChI is InChI=1S/C6H8O2/c1-3-4-5-6(7)8-2/h5H2,1-2H3/i2D3. The van der Waals surface area contributed by atoms with Gasteiger partial charge >= 0.3 is 5.97 Å². The van der Waals surface area contributed by atoms with Crippen molar-refractivity contribution in [3.05, 3.63) is 0 Å². The van der Waals surface area contributed by atoms with E-state index in [2.05, 4.69) is 16.6 Å². The fourth-order valence-corrected chi connectivity index (χ4v) is 0.197. The fourth-order valence-electron chi connectivity index (χ4n) is 0.197. The summed E-state index contributed by atoms with van der Waals surface area (Å²) >= 11 is 0. The number of methoxy groups -OCH3 is 1. The van der Waals surface area contributed by atoms with Crippen LogP contribution in [0.3, 0.4) is 0 Å². The van der Waals surface area contributed by atoms with Crippen LogP contribution < -0.4 is 0 Å². The lowest BCUT2D eigenvalue weighted by Gasteiger charge is -1.87. The highest BCUT2D eigenvalue weighted by Crippen LogP contribution is 1.78. The van der Waals surface area contributed by atoms with Crippen LogP contribution in [0.5, 0.6) is 0 Å². The maximum Gasteiger partial charge on any atom is 0.317 e. The van der Waals surface area contributed by atoms with Gasteiger partial charge in [-0.2, -0.15) is 0 Å². The average Bonchev–Trinajstić information content (AvgIpc) is 1.79. The minimum Gasteiger partial charge on any atom is -0.468 e. The molecule has 0 unspecified atom stereocenters. The van der Waals surface area contributed by atoms with E-state index in [4.69, 9.17) is 4.11 Å². The smallest absolute Gasteiger partial charge is 0.317 e. The number of esters is 1. The van der Waals surface area contributed by atoms with Crippen molar-refractivity contribution in [1.82, 2.24) is 0 Å². The number of rotatable bonds is 1. The zero-order valence-electron chi connectivity index (χ0n) is 7.52. The first kappa shape index (κ1) is 3.13. The van der Waals surface area contributed by atoms with E-state index >= 15 is 0 Å². The zero-order valence-corrected chi connectivity index (χ0v) is 4.52. The summed E-state index contributed by atoms with van der Waals surface area (Å²) in [6, 6.07) is 0. The summed E-state index contributed by atoms with van der Waals surface area (Å²) in [7, 11) is -2.65. The van der Waals surface area contributed by atoms with Gasteiger partial charge in [-0.25, -0.2) is 0 Å². The molecular weight excluding hydrogens is 104 g/mol. The predicted octanol–water partition coefficient (Wildman–Crippen LogP) is 0.573. The molecule has 0 aromatic carbocycles. The predicted molar refractivity (Wildman–Crippen MR) is 30.1 cm³/mol. The van der Waals surface area contributed by atoms with Crippen molar-refractivity contribution < 1.29 is 13.6 Å². The molecule has 0 aliphatic heterocycles. The highest BCUT2D eigenvalue weighted by Gasteiger charge is 1.91. The Bertz CT molecular complexity index is 196. The molecule has 2 nitrogen and oxygen atoms in total. The quantitative estimate of drug-likeness (QED) is 0.369. The van der Waals surface area contributed by atoms with E-state index in [1.807, 2.05) is 0 Å². The summed E-state index contributed by atoms with van der Waals surface area (Å²) in [5, 5.41) is 0. The Morgan fingerprint density at radius 3 is 3.25 bits per heavy atom. The Kier molecular flexibility index (Phi) is 1.64. The van der Waals surface area contributed by atoms with E-state index in [1.165, 1.54) is 0 Å². The van der Waals surface area contributed by atoms with Crippen molar-refractivity contribution in [2.45, 2.75) is 13.3 Å². The number of carbonyl (C=O) groups excluding carboxylic acids is 1. The Morgan fingerprint density at radius 2 is 2.75 bits per heavy atom. The third kappa shape index (κ3) is 3.23. The molecule has 2 heteroatoms. The molecule has 0 aromatic rings. The van der Waals surface area contributed by atoms with E-state index in [-0.39, 0.29) is 6.42 Å². The number of ether oxygens (including phenoxy) is 1. The second-order valence-corrected chi connectivity index (χ2v) is 1.08. The van der Waals surface area contributed by atoms with Crippen molar-refractivity contribution >= 4 is 5.97 Å². The Balaban J connectivity index is 3.77. The molecular formula is C6H8O2. The monoisotopic (exact) mass is 115 g/mol. The van der Waals surface area contributed by atoms with Crippen molar-refractivity contribution in [2.24, 2.45) is 0 Å².